The normalized spacial score (nSPS) is 11.7. The van der Waals surface area contributed by atoms with Crippen LogP contribution in [0.3, 0.4) is 0 Å². The lowest BCUT2D eigenvalue weighted by Gasteiger charge is -2.17. The molecule has 8 heteroatoms. The van der Waals surface area contributed by atoms with Gasteiger partial charge in [-0.2, -0.15) is 0 Å². The highest BCUT2D eigenvalue weighted by atomic mass is 32.2. The number of anilines is 1. The Kier molecular flexibility index (Phi) is 8.19. The summed E-state index contributed by atoms with van der Waals surface area (Å²) in [4.78, 5) is 14.5. The van der Waals surface area contributed by atoms with Gasteiger partial charge in [-0.05, 0) is 55.9 Å². The monoisotopic (exact) mass is 419 g/mol. The van der Waals surface area contributed by atoms with Crippen molar-refractivity contribution in [2.45, 2.75) is 24.8 Å². The van der Waals surface area contributed by atoms with Gasteiger partial charge in [-0.25, -0.2) is 12.7 Å². The molecular formula is C21H29N3O4S. The summed E-state index contributed by atoms with van der Waals surface area (Å²) in [5, 5.41) is 2.80. The summed E-state index contributed by atoms with van der Waals surface area (Å²) in [6, 6.07) is 14.1. The van der Waals surface area contributed by atoms with E-state index < -0.39 is 10.0 Å². The van der Waals surface area contributed by atoms with Crippen molar-refractivity contribution in [3.8, 4) is 5.75 Å². The second kappa shape index (κ2) is 10.4. The van der Waals surface area contributed by atoms with Crippen molar-refractivity contribution in [2.75, 3.05) is 39.6 Å². The average Bonchev–Trinajstić information content (AvgIpc) is 2.68. The van der Waals surface area contributed by atoms with E-state index >= 15 is 0 Å². The molecule has 158 valence electrons. The number of carbonyl (C=O) groups excluding carboxylic acids is 1. The van der Waals surface area contributed by atoms with Crippen LogP contribution in [0.4, 0.5) is 5.69 Å². The topological polar surface area (TPSA) is 79.0 Å². The summed E-state index contributed by atoms with van der Waals surface area (Å²) in [6.45, 7) is 3.93. The molecule has 0 heterocycles. The van der Waals surface area contributed by atoms with Crippen LogP contribution >= 0.6 is 0 Å². The Morgan fingerprint density at radius 3 is 2.17 bits per heavy atom. The number of rotatable bonds is 10. The first-order valence-corrected chi connectivity index (χ1v) is 10.9. The fourth-order valence-corrected chi connectivity index (χ4v) is 3.59. The zero-order chi connectivity index (χ0) is 21.4. The number of nitrogens with zero attached hydrogens (tertiary/aromatic N) is 2. The van der Waals surface area contributed by atoms with E-state index in [-0.39, 0.29) is 10.8 Å². The molecule has 0 aliphatic carbocycles. The SMILES string of the molecule is CCOc1ccc(CN(C)CCC(=O)Nc2ccc(S(=O)(=O)N(C)C)cc2)cc1. The van der Waals surface area contributed by atoms with Crippen LogP contribution in [0.15, 0.2) is 53.4 Å². The van der Waals surface area contributed by atoms with Gasteiger partial charge in [0.05, 0.1) is 11.5 Å². The van der Waals surface area contributed by atoms with Gasteiger partial charge >= 0.3 is 0 Å². The highest BCUT2D eigenvalue weighted by Gasteiger charge is 2.16. The minimum Gasteiger partial charge on any atom is -0.494 e. The van der Waals surface area contributed by atoms with E-state index in [9.17, 15) is 13.2 Å². The van der Waals surface area contributed by atoms with Gasteiger partial charge in [0.15, 0.2) is 0 Å². The van der Waals surface area contributed by atoms with Crippen LogP contribution in [0.25, 0.3) is 0 Å². The molecule has 0 bridgehead atoms. The van der Waals surface area contributed by atoms with E-state index in [1.54, 1.807) is 12.1 Å². The zero-order valence-electron chi connectivity index (χ0n) is 17.4. The summed E-state index contributed by atoms with van der Waals surface area (Å²) >= 11 is 0. The molecule has 0 saturated heterocycles. The van der Waals surface area contributed by atoms with Gasteiger partial charge in [-0.15, -0.1) is 0 Å². The standard InChI is InChI=1S/C21H29N3O4S/c1-5-28-19-10-6-17(7-11-19)16-24(4)15-14-21(25)22-18-8-12-20(13-9-18)29(26,27)23(2)3/h6-13H,5,14-16H2,1-4H3,(H,22,25). The number of ether oxygens (including phenoxy) is 1. The molecule has 0 aliphatic heterocycles. The predicted molar refractivity (Wildman–Crippen MR) is 115 cm³/mol. The van der Waals surface area contributed by atoms with E-state index in [0.29, 0.717) is 25.3 Å². The molecule has 0 aliphatic rings. The Hall–Kier alpha value is -2.42. The van der Waals surface area contributed by atoms with Crippen LogP contribution in [0.1, 0.15) is 18.9 Å². The van der Waals surface area contributed by atoms with Gasteiger partial charge in [-0.3, -0.25) is 4.79 Å². The van der Waals surface area contributed by atoms with Crippen LogP contribution in [0.2, 0.25) is 0 Å². The minimum absolute atomic E-state index is 0.119. The number of sulfonamides is 1. The summed E-state index contributed by atoms with van der Waals surface area (Å²) < 4.78 is 30.7. The molecule has 2 rings (SSSR count). The van der Waals surface area contributed by atoms with Crippen LogP contribution in [-0.2, 0) is 21.4 Å². The third-order valence-corrected chi connectivity index (χ3v) is 6.15. The third kappa shape index (κ3) is 6.85. The number of nitrogens with one attached hydrogen (secondary N) is 1. The second-order valence-corrected chi connectivity index (χ2v) is 9.08. The quantitative estimate of drug-likeness (QED) is 0.641. The molecule has 0 spiro atoms. The maximum absolute atomic E-state index is 12.2. The first-order valence-electron chi connectivity index (χ1n) is 9.45. The van der Waals surface area contributed by atoms with E-state index in [1.807, 2.05) is 38.2 Å². The lowest BCUT2D eigenvalue weighted by Crippen LogP contribution is -2.24. The lowest BCUT2D eigenvalue weighted by molar-refractivity contribution is -0.116. The van der Waals surface area contributed by atoms with Gasteiger partial charge in [-0.1, -0.05) is 12.1 Å². The van der Waals surface area contributed by atoms with E-state index in [1.165, 1.54) is 26.2 Å². The van der Waals surface area contributed by atoms with Crippen LogP contribution in [0, 0.1) is 0 Å². The van der Waals surface area contributed by atoms with Gasteiger partial charge in [0.2, 0.25) is 15.9 Å². The highest BCUT2D eigenvalue weighted by molar-refractivity contribution is 7.89. The number of hydrogen-bond donors (Lipinski definition) is 1. The van der Waals surface area contributed by atoms with Crippen LogP contribution in [0.5, 0.6) is 5.75 Å². The Balaban J connectivity index is 1.81. The highest BCUT2D eigenvalue weighted by Crippen LogP contribution is 2.17. The van der Waals surface area contributed by atoms with E-state index in [4.69, 9.17) is 4.74 Å². The maximum Gasteiger partial charge on any atom is 0.242 e. The lowest BCUT2D eigenvalue weighted by atomic mass is 10.2. The first kappa shape index (κ1) is 22.9. The molecule has 1 amide bonds. The molecule has 0 aromatic heterocycles. The maximum atomic E-state index is 12.2. The molecule has 2 aromatic carbocycles. The number of hydrogen-bond acceptors (Lipinski definition) is 5. The smallest absolute Gasteiger partial charge is 0.242 e. The molecule has 0 atom stereocenters. The number of carbonyl (C=O) groups is 1. The molecule has 0 radical (unpaired) electrons. The molecular weight excluding hydrogens is 390 g/mol. The predicted octanol–water partition coefficient (Wildman–Crippen LogP) is 2.80. The summed E-state index contributed by atoms with van der Waals surface area (Å²) in [6.07, 6.45) is 0.339. The van der Waals surface area contributed by atoms with Crippen molar-refractivity contribution in [1.82, 2.24) is 9.21 Å². The molecule has 0 fully saturated rings. The van der Waals surface area contributed by atoms with Crippen molar-refractivity contribution >= 4 is 21.6 Å². The Labute approximate surface area is 173 Å². The average molecular weight is 420 g/mol. The van der Waals surface area contributed by atoms with E-state index in [0.717, 1.165) is 22.2 Å². The fraction of sp³-hybridized carbons (Fsp3) is 0.381. The van der Waals surface area contributed by atoms with Gasteiger partial charge in [0.1, 0.15) is 5.75 Å². The fourth-order valence-electron chi connectivity index (χ4n) is 2.69. The van der Waals surface area contributed by atoms with Gasteiger partial charge in [0, 0.05) is 39.3 Å². The van der Waals surface area contributed by atoms with Crippen LogP contribution in [-0.4, -0.2) is 57.8 Å². The molecule has 0 saturated carbocycles. The Morgan fingerprint density at radius 1 is 1.00 bits per heavy atom. The minimum atomic E-state index is -3.47. The molecule has 1 N–H and O–H groups in total. The van der Waals surface area contributed by atoms with Crippen molar-refractivity contribution in [3.63, 3.8) is 0 Å². The number of benzene rings is 2. The molecule has 2 aromatic rings. The van der Waals surface area contributed by atoms with Crippen molar-refractivity contribution in [1.29, 1.82) is 0 Å². The van der Waals surface area contributed by atoms with E-state index in [2.05, 4.69) is 10.2 Å². The summed E-state index contributed by atoms with van der Waals surface area (Å²) in [5.74, 6) is 0.731. The zero-order valence-corrected chi connectivity index (χ0v) is 18.2. The van der Waals surface area contributed by atoms with Crippen molar-refractivity contribution < 1.29 is 17.9 Å². The van der Waals surface area contributed by atoms with Crippen molar-refractivity contribution in [3.05, 3.63) is 54.1 Å². The van der Waals surface area contributed by atoms with Crippen LogP contribution < -0.4 is 10.1 Å². The first-order chi connectivity index (χ1) is 13.7. The Morgan fingerprint density at radius 2 is 1.62 bits per heavy atom. The van der Waals surface area contributed by atoms with Gasteiger partial charge < -0.3 is 15.0 Å². The number of amides is 1. The molecule has 7 nitrogen and oxygen atoms in total. The molecule has 0 unspecified atom stereocenters. The van der Waals surface area contributed by atoms with Gasteiger partial charge in [0.25, 0.3) is 0 Å². The summed E-state index contributed by atoms with van der Waals surface area (Å²) in [7, 11) is 1.45. The Bertz CT molecular complexity index is 895. The third-order valence-electron chi connectivity index (χ3n) is 4.32. The summed E-state index contributed by atoms with van der Waals surface area (Å²) in [5.41, 5.74) is 1.72. The second-order valence-electron chi connectivity index (χ2n) is 6.92. The largest absolute Gasteiger partial charge is 0.494 e. The molecule has 29 heavy (non-hydrogen) atoms. The van der Waals surface area contributed by atoms with Crippen molar-refractivity contribution in [2.24, 2.45) is 0 Å².